The van der Waals surface area contributed by atoms with Crippen molar-refractivity contribution < 1.29 is 26.5 Å². The van der Waals surface area contributed by atoms with Crippen LogP contribution in [0.25, 0.3) is 0 Å². The quantitative estimate of drug-likeness (QED) is 0.354. The van der Waals surface area contributed by atoms with Crippen molar-refractivity contribution >= 4 is 21.8 Å². The number of anilines is 1. The van der Waals surface area contributed by atoms with Gasteiger partial charge >= 0.3 is 16.1 Å². The Bertz CT molecular complexity index is 1230. The van der Waals surface area contributed by atoms with E-state index in [9.17, 15) is 17.6 Å². The molecule has 7 nitrogen and oxygen atoms in total. The summed E-state index contributed by atoms with van der Waals surface area (Å²) in [7, 11) is -4.13. The van der Waals surface area contributed by atoms with Crippen molar-refractivity contribution in [3.63, 3.8) is 0 Å². The lowest BCUT2D eigenvalue weighted by molar-refractivity contribution is 0.187. The summed E-state index contributed by atoms with van der Waals surface area (Å²) in [5, 5.41) is 2.90. The van der Waals surface area contributed by atoms with E-state index in [-0.39, 0.29) is 29.3 Å². The maximum Gasteiger partial charge on any atom is 0.339 e. The van der Waals surface area contributed by atoms with E-state index in [1.54, 1.807) is 47.4 Å². The van der Waals surface area contributed by atoms with Gasteiger partial charge in [0, 0.05) is 18.3 Å². The Balaban J connectivity index is 1.74. The first-order valence-electron chi connectivity index (χ1n) is 11.3. The molecule has 3 aromatic rings. The first kappa shape index (κ1) is 26.0. The lowest BCUT2D eigenvalue weighted by Gasteiger charge is -2.29. The van der Waals surface area contributed by atoms with Gasteiger partial charge in [-0.1, -0.05) is 19.1 Å². The number of rotatable bonds is 10. The van der Waals surface area contributed by atoms with E-state index in [4.69, 9.17) is 8.92 Å². The van der Waals surface area contributed by atoms with Crippen molar-refractivity contribution in [1.82, 2.24) is 4.90 Å². The number of carbonyl (C=O) groups is 1. The molecule has 0 aliphatic rings. The average Bonchev–Trinajstić information content (AvgIpc) is 2.83. The molecule has 0 saturated carbocycles. The lowest BCUT2D eigenvalue weighted by atomic mass is 10.1. The first-order valence-corrected chi connectivity index (χ1v) is 12.7. The minimum Gasteiger partial charge on any atom is -0.494 e. The van der Waals surface area contributed by atoms with Gasteiger partial charge in [-0.25, -0.2) is 9.18 Å². The van der Waals surface area contributed by atoms with Crippen molar-refractivity contribution in [3.05, 3.63) is 84.2 Å². The molecule has 0 heterocycles. The van der Waals surface area contributed by atoms with E-state index in [0.717, 1.165) is 36.4 Å². The maximum absolute atomic E-state index is 13.1. The fraction of sp³-hybridized carbons (Fsp3) is 0.269. The average molecular weight is 501 g/mol. The second-order valence-corrected chi connectivity index (χ2v) is 9.46. The molecule has 0 spiro atoms. The van der Waals surface area contributed by atoms with Crippen molar-refractivity contribution in [2.24, 2.45) is 0 Å². The summed E-state index contributed by atoms with van der Waals surface area (Å²) in [6, 6.07) is 17.7. The van der Waals surface area contributed by atoms with E-state index in [1.165, 1.54) is 6.07 Å². The Kier molecular flexibility index (Phi) is 8.70. The van der Waals surface area contributed by atoms with Crippen LogP contribution in [0.3, 0.4) is 0 Å². The molecule has 2 amide bonds. The van der Waals surface area contributed by atoms with Gasteiger partial charge in [-0.3, -0.25) is 0 Å². The third-order valence-electron chi connectivity index (χ3n) is 5.36. The minimum absolute atomic E-state index is 0.0785. The number of halogens is 1. The Morgan fingerprint density at radius 3 is 2.31 bits per heavy atom. The van der Waals surface area contributed by atoms with Crippen LogP contribution < -0.4 is 14.2 Å². The highest BCUT2D eigenvalue weighted by atomic mass is 32.2. The van der Waals surface area contributed by atoms with Crippen LogP contribution in [0.2, 0.25) is 0 Å². The monoisotopic (exact) mass is 500 g/mol. The summed E-state index contributed by atoms with van der Waals surface area (Å²) < 4.78 is 48.9. The molecular weight excluding hydrogens is 471 g/mol. The molecule has 0 aliphatic carbocycles. The van der Waals surface area contributed by atoms with Gasteiger partial charge in [0.2, 0.25) is 0 Å². The van der Waals surface area contributed by atoms with E-state index in [0.29, 0.717) is 17.9 Å². The van der Waals surface area contributed by atoms with Crippen LogP contribution in [0.4, 0.5) is 14.9 Å². The fourth-order valence-corrected chi connectivity index (χ4v) is 4.24. The molecule has 1 atom stereocenters. The zero-order valence-corrected chi connectivity index (χ0v) is 20.7. The highest BCUT2D eigenvalue weighted by molar-refractivity contribution is 7.87. The van der Waals surface area contributed by atoms with Crippen molar-refractivity contribution in [2.45, 2.75) is 44.7 Å². The molecule has 35 heavy (non-hydrogen) atoms. The van der Waals surface area contributed by atoms with Crippen LogP contribution in [-0.2, 0) is 16.7 Å². The molecule has 0 aromatic heterocycles. The molecule has 1 N–H and O–H groups in total. The van der Waals surface area contributed by atoms with Gasteiger partial charge in [0.1, 0.15) is 22.2 Å². The number of carbonyl (C=O) groups excluding carboxylic acids is 1. The number of nitrogens with one attached hydrogen (secondary N) is 1. The van der Waals surface area contributed by atoms with Crippen molar-refractivity contribution in [1.29, 1.82) is 0 Å². The minimum atomic E-state index is -4.13. The van der Waals surface area contributed by atoms with Gasteiger partial charge < -0.3 is 19.1 Å². The van der Waals surface area contributed by atoms with Gasteiger partial charge in [-0.15, -0.1) is 0 Å². The number of amides is 2. The molecule has 0 fully saturated rings. The molecule has 3 aromatic carbocycles. The molecule has 3 rings (SSSR count). The molecular formula is C26H29FN2O5S. The van der Waals surface area contributed by atoms with Crippen LogP contribution in [0, 0.1) is 5.82 Å². The van der Waals surface area contributed by atoms with Gasteiger partial charge in [0.05, 0.1) is 6.61 Å². The topological polar surface area (TPSA) is 84.9 Å². The van der Waals surface area contributed by atoms with Crippen LogP contribution in [0.1, 0.15) is 32.8 Å². The third kappa shape index (κ3) is 7.19. The molecule has 0 aliphatic heterocycles. The Labute approximate surface area is 205 Å². The largest absolute Gasteiger partial charge is 0.494 e. The Morgan fingerprint density at radius 2 is 1.69 bits per heavy atom. The smallest absolute Gasteiger partial charge is 0.339 e. The van der Waals surface area contributed by atoms with E-state index >= 15 is 0 Å². The molecule has 0 radical (unpaired) electrons. The summed E-state index contributed by atoms with van der Waals surface area (Å²) in [5.74, 6) is 0.277. The highest BCUT2D eigenvalue weighted by Gasteiger charge is 2.21. The Hall–Kier alpha value is -3.59. The predicted molar refractivity (Wildman–Crippen MR) is 133 cm³/mol. The van der Waals surface area contributed by atoms with Crippen LogP contribution in [-0.4, -0.2) is 32.0 Å². The molecule has 9 heteroatoms. The predicted octanol–water partition coefficient (Wildman–Crippen LogP) is 5.82. The molecule has 186 valence electrons. The maximum atomic E-state index is 13.1. The fourth-order valence-electron chi connectivity index (χ4n) is 3.31. The summed E-state index contributed by atoms with van der Waals surface area (Å²) in [6.45, 7) is 6.62. The van der Waals surface area contributed by atoms with Gasteiger partial charge in [-0.2, -0.15) is 8.42 Å². The van der Waals surface area contributed by atoms with Crippen LogP contribution >= 0.6 is 0 Å². The number of ether oxygens (including phenoxy) is 1. The van der Waals surface area contributed by atoms with Crippen LogP contribution in [0.5, 0.6) is 11.5 Å². The van der Waals surface area contributed by atoms with Crippen LogP contribution in [0.15, 0.2) is 77.7 Å². The number of urea groups is 1. The van der Waals surface area contributed by atoms with E-state index in [2.05, 4.69) is 5.32 Å². The Morgan fingerprint density at radius 1 is 1.00 bits per heavy atom. The summed E-state index contributed by atoms with van der Waals surface area (Å²) in [4.78, 5) is 14.6. The van der Waals surface area contributed by atoms with Gasteiger partial charge in [0.15, 0.2) is 0 Å². The zero-order chi connectivity index (χ0) is 25.4. The first-order chi connectivity index (χ1) is 16.7. The summed E-state index contributed by atoms with van der Waals surface area (Å²) in [6.07, 6.45) is 0.728. The lowest BCUT2D eigenvalue weighted by Crippen LogP contribution is -2.40. The summed E-state index contributed by atoms with van der Waals surface area (Å²) >= 11 is 0. The third-order valence-corrected chi connectivity index (χ3v) is 6.62. The number of nitrogens with zero attached hydrogens (tertiary/aromatic N) is 1. The van der Waals surface area contributed by atoms with E-state index < -0.39 is 15.9 Å². The molecule has 0 bridgehead atoms. The van der Waals surface area contributed by atoms with Crippen molar-refractivity contribution in [3.8, 4) is 11.5 Å². The number of hydrogen-bond donors (Lipinski definition) is 1. The number of hydrogen-bond acceptors (Lipinski definition) is 5. The van der Waals surface area contributed by atoms with Gasteiger partial charge in [-0.05, 0) is 86.5 Å². The highest BCUT2D eigenvalue weighted by Crippen LogP contribution is 2.23. The molecule has 0 saturated heterocycles. The second kappa shape index (κ2) is 11.7. The zero-order valence-electron chi connectivity index (χ0n) is 19.9. The van der Waals surface area contributed by atoms with Gasteiger partial charge in [0.25, 0.3) is 0 Å². The van der Waals surface area contributed by atoms with E-state index in [1.807, 2.05) is 20.8 Å². The number of benzene rings is 3. The summed E-state index contributed by atoms with van der Waals surface area (Å²) in [5.41, 5.74) is 1.33. The SMILES string of the molecule is CCOc1ccc(NC(=O)N(Cc2cccc(OS(=O)(=O)c3ccc(F)cc3)c2)C(C)CC)cc1. The second-order valence-electron chi connectivity index (χ2n) is 7.91. The standard InChI is InChI=1S/C26H29FN2O5S/c1-4-19(3)29(26(30)28-22-11-13-23(14-12-22)33-5-2)18-20-7-6-8-24(17-20)34-35(31,32)25-15-9-21(27)10-16-25/h6-17,19H,4-5,18H2,1-3H3,(H,28,30). The molecule has 1 unspecified atom stereocenters. The van der Waals surface area contributed by atoms with Crippen molar-refractivity contribution in [2.75, 3.05) is 11.9 Å². The normalized spacial score (nSPS) is 12.0.